The van der Waals surface area contributed by atoms with Crippen LogP contribution in [-0.2, 0) is 9.59 Å². The lowest BCUT2D eigenvalue weighted by molar-refractivity contribution is -0.135. The highest BCUT2D eigenvalue weighted by atomic mass is 16.3. The number of aliphatic hydroxyl groups excluding tert-OH is 3. The molecule has 6 heteroatoms. The molecule has 0 saturated heterocycles. The highest BCUT2D eigenvalue weighted by Gasteiger charge is 2.22. The van der Waals surface area contributed by atoms with Crippen LogP contribution in [0.5, 0.6) is 0 Å². The molecular weight excluding hydrogens is 166 g/mol. The molecule has 0 heterocycles. The first kappa shape index (κ1) is 11.0. The zero-order chi connectivity index (χ0) is 9.56. The first-order chi connectivity index (χ1) is 5.63. The SMILES string of the molecule is O=CNC[C@H](O)[C@H](O)C(=O)CO. The summed E-state index contributed by atoms with van der Waals surface area (Å²) in [5.41, 5.74) is 0. The second-order valence-corrected chi connectivity index (χ2v) is 2.16. The minimum atomic E-state index is -1.65. The minimum absolute atomic E-state index is 0.226. The van der Waals surface area contributed by atoms with Crippen molar-refractivity contribution in [1.82, 2.24) is 5.32 Å². The zero-order valence-electron chi connectivity index (χ0n) is 6.30. The number of carbonyl (C=O) groups is 2. The smallest absolute Gasteiger partial charge is 0.207 e. The number of nitrogens with one attached hydrogen (secondary N) is 1. The summed E-state index contributed by atoms with van der Waals surface area (Å²) in [4.78, 5) is 20.3. The Labute approximate surface area is 68.8 Å². The van der Waals surface area contributed by atoms with E-state index in [1.807, 2.05) is 0 Å². The van der Waals surface area contributed by atoms with Crippen LogP contribution in [0.25, 0.3) is 0 Å². The number of amides is 1. The average molecular weight is 177 g/mol. The van der Waals surface area contributed by atoms with Crippen molar-refractivity contribution in [2.45, 2.75) is 12.2 Å². The highest BCUT2D eigenvalue weighted by molar-refractivity contribution is 5.84. The Kier molecular flexibility index (Phi) is 5.18. The van der Waals surface area contributed by atoms with Gasteiger partial charge in [-0.2, -0.15) is 0 Å². The van der Waals surface area contributed by atoms with Gasteiger partial charge in [0, 0.05) is 6.54 Å². The van der Waals surface area contributed by atoms with E-state index in [1.165, 1.54) is 0 Å². The monoisotopic (exact) mass is 177 g/mol. The quantitative estimate of drug-likeness (QED) is 0.324. The fourth-order valence-electron chi connectivity index (χ4n) is 0.589. The molecule has 1 amide bonds. The fraction of sp³-hybridized carbons (Fsp3) is 0.667. The van der Waals surface area contributed by atoms with Gasteiger partial charge in [0.25, 0.3) is 0 Å². The molecule has 0 aromatic carbocycles. The Morgan fingerprint density at radius 3 is 2.50 bits per heavy atom. The Morgan fingerprint density at radius 1 is 1.50 bits per heavy atom. The summed E-state index contributed by atoms with van der Waals surface area (Å²) in [7, 11) is 0. The molecule has 0 aliphatic carbocycles. The molecule has 2 atom stereocenters. The second-order valence-electron chi connectivity index (χ2n) is 2.16. The van der Waals surface area contributed by atoms with Crippen LogP contribution in [0.1, 0.15) is 0 Å². The molecule has 6 nitrogen and oxygen atoms in total. The van der Waals surface area contributed by atoms with Crippen LogP contribution in [-0.4, -0.2) is 52.9 Å². The number of carbonyl (C=O) groups excluding carboxylic acids is 2. The van der Waals surface area contributed by atoms with Crippen molar-refractivity contribution in [1.29, 1.82) is 0 Å². The van der Waals surface area contributed by atoms with Crippen molar-refractivity contribution in [2.75, 3.05) is 13.2 Å². The summed E-state index contributed by atoms with van der Waals surface area (Å²) < 4.78 is 0. The van der Waals surface area contributed by atoms with E-state index in [9.17, 15) is 9.59 Å². The minimum Gasteiger partial charge on any atom is -0.388 e. The van der Waals surface area contributed by atoms with Gasteiger partial charge in [0.1, 0.15) is 18.8 Å². The van der Waals surface area contributed by atoms with E-state index in [4.69, 9.17) is 15.3 Å². The van der Waals surface area contributed by atoms with Crippen molar-refractivity contribution in [3.05, 3.63) is 0 Å². The van der Waals surface area contributed by atoms with Crippen LogP contribution in [0.3, 0.4) is 0 Å². The lowest BCUT2D eigenvalue weighted by atomic mass is 10.1. The van der Waals surface area contributed by atoms with Gasteiger partial charge in [0.15, 0.2) is 5.78 Å². The molecule has 0 aliphatic heterocycles. The van der Waals surface area contributed by atoms with Gasteiger partial charge in [-0.05, 0) is 0 Å². The predicted octanol–water partition coefficient (Wildman–Crippen LogP) is -2.98. The van der Waals surface area contributed by atoms with E-state index < -0.39 is 24.6 Å². The van der Waals surface area contributed by atoms with Crippen molar-refractivity contribution in [2.24, 2.45) is 0 Å². The van der Waals surface area contributed by atoms with E-state index in [1.54, 1.807) is 0 Å². The summed E-state index contributed by atoms with van der Waals surface area (Å²) in [6.07, 6.45) is -2.70. The molecule has 0 rings (SSSR count). The maximum absolute atomic E-state index is 10.5. The number of rotatable bonds is 6. The van der Waals surface area contributed by atoms with Gasteiger partial charge in [-0.25, -0.2) is 0 Å². The third-order valence-corrected chi connectivity index (χ3v) is 1.26. The molecule has 0 aromatic rings. The van der Waals surface area contributed by atoms with Gasteiger partial charge in [-0.3, -0.25) is 9.59 Å². The van der Waals surface area contributed by atoms with Gasteiger partial charge >= 0.3 is 0 Å². The Balaban J connectivity index is 3.82. The molecule has 0 radical (unpaired) electrons. The Hall–Kier alpha value is -0.980. The Morgan fingerprint density at radius 2 is 2.08 bits per heavy atom. The lowest BCUT2D eigenvalue weighted by Gasteiger charge is -2.14. The molecule has 12 heavy (non-hydrogen) atoms. The average Bonchev–Trinajstić information content (AvgIpc) is 2.11. The summed E-state index contributed by atoms with van der Waals surface area (Å²) >= 11 is 0. The van der Waals surface area contributed by atoms with Crippen LogP contribution in [0, 0.1) is 0 Å². The van der Waals surface area contributed by atoms with Crippen LogP contribution >= 0.6 is 0 Å². The third kappa shape index (κ3) is 3.42. The summed E-state index contributed by atoms with van der Waals surface area (Å²) in [6, 6.07) is 0. The molecular formula is C6H11NO5. The fourth-order valence-corrected chi connectivity index (χ4v) is 0.589. The van der Waals surface area contributed by atoms with E-state index in [2.05, 4.69) is 5.32 Å². The lowest BCUT2D eigenvalue weighted by Crippen LogP contribution is -2.41. The number of hydrogen-bond donors (Lipinski definition) is 4. The van der Waals surface area contributed by atoms with Crippen molar-refractivity contribution in [3.63, 3.8) is 0 Å². The van der Waals surface area contributed by atoms with Gasteiger partial charge < -0.3 is 20.6 Å². The molecule has 0 unspecified atom stereocenters. The number of ketones is 1. The van der Waals surface area contributed by atoms with E-state index in [0.29, 0.717) is 6.41 Å². The van der Waals surface area contributed by atoms with Crippen LogP contribution in [0.2, 0.25) is 0 Å². The summed E-state index contributed by atoms with van der Waals surface area (Å²) in [5, 5.41) is 28.2. The molecule has 0 fully saturated rings. The normalized spacial score (nSPS) is 14.9. The zero-order valence-corrected chi connectivity index (χ0v) is 6.30. The molecule has 4 N–H and O–H groups in total. The van der Waals surface area contributed by atoms with Crippen molar-refractivity contribution < 1.29 is 24.9 Å². The topological polar surface area (TPSA) is 107 Å². The van der Waals surface area contributed by atoms with Crippen molar-refractivity contribution in [3.8, 4) is 0 Å². The summed E-state index contributed by atoms with van der Waals surface area (Å²) in [6.45, 7) is -1.06. The third-order valence-electron chi connectivity index (χ3n) is 1.26. The molecule has 0 spiro atoms. The van der Waals surface area contributed by atoms with Crippen LogP contribution < -0.4 is 5.32 Å². The Bertz CT molecular complexity index is 160. The van der Waals surface area contributed by atoms with E-state index >= 15 is 0 Å². The molecule has 0 saturated carbocycles. The maximum Gasteiger partial charge on any atom is 0.207 e. The van der Waals surface area contributed by atoms with Crippen LogP contribution in [0.15, 0.2) is 0 Å². The van der Waals surface area contributed by atoms with Crippen LogP contribution in [0.4, 0.5) is 0 Å². The number of aliphatic hydroxyl groups is 3. The highest BCUT2D eigenvalue weighted by Crippen LogP contribution is 1.93. The predicted molar refractivity (Wildman–Crippen MR) is 38.2 cm³/mol. The number of hydrogen-bond acceptors (Lipinski definition) is 5. The van der Waals surface area contributed by atoms with Gasteiger partial charge in [0.2, 0.25) is 6.41 Å². The molecule has 0 aromatic heterocycles. The van der Waals surface area contributed by atoms with Gasteiger partial charge in [-0.15, -0.1) is 0 Å². The van der Waals surface area contributed by atoms with E-state index in [-0.39, 0.29) is 6.54 Å². The standard InChI is InChI=1S/C6H11NO5/c8-2-5(11)6(12)4(10)1-7-3-9/h3-4,6,8,10,12H,1-2H2,(H,7,9)/t4-,6-/m0/s1. The van der Waals surface area contributed by atoms with E-state index in [0.717, 1.165) is 0 Å². The first-order valence-electron chi connectivity index (χ1n) is 3.30. The summed E-state index contributed by atoms with van der Waals surface area (Å²) in [5.74, 6) is -0.879. The molecule has 0 aliphatic rings. The maximum atomic E-state index is 10.5. The molecule has 70 valence electrons. The largest absolute Gasteiger partial charge is 0.388 e. The van der Waals surface area contributed by atoms with Crippen molar-refractivity contribution >= 4 is 12.2 Å². The van der Waals surface area contributed by atoms with Gasteiger partial charge in [0.05, 0.1) is 0 Å². The molecule has 0 bridgehead atoms. The number of Topliss-reactive ketones (excluding diaryl/α,β-unsaturated/α-hetero) is 1. The van der Waals surface area contributed by atoms with Gasteiger partial charge in [-0.1, -0.05) is 0 Å². The first-order valence-corrected chi connectivity index (χ1v) is 3.30. The second kappa shape index (κ2) is 5.64.